The van der Waals surface area contributed by atoms with Gasteiger partial charge in [0.2, 0.25) is 0 Å². The van der Waals surface area contributed by atoms with E-state index in [1.165, 1.54) is 12.0 Å². The lowest BCUT2D eigenvalue weighted by Gasteiger charge is -2.19. The molecule has 40 heavy (non-hydrogen) atoms. The van der Waals surface area contributed by atoms with Crippen LogP contribution in [-0.2, 0) is 11.4 Å². The molecule has 1 saturated heterocycles. The summed E-state index contributed by atoms with van der Waals surface area (Å²) in [7, 11) is 0. The first-order valence-corrected chi connectivity index (χ1v) is 13.9. The number of allylic oxidation sites excluding steroid dienone is 1. The molecule has 1 atom stereocenters. The molecule has 0 radical (unpaired) electrons. The number of nitrogens with zero attached hydrogens (tertiary/aromatic N) is 2. The van der Waals surface area contributed by atoms with Crippen molar-refractivity contribution < 1.29 is 23.0 Å². The zero-order chi connectivity index (χ0) is 27.5. The Bertz CT molecular complexity index is 1540. The van der Waals surface area contributed by atoms with Gasteiger partial charge in [0.15, 0.2) is 17.7 Å². The van der Waals surface area contributed by atoms with E-state index in [2.05, 4.69) is 45.7 Å². The molecule has 0 spiro atoms. The average Bonchev–Trinajstić information content (AvgIpc) is 3.60. The molecule has 6 rings (SSSR count). The van der Waals surface area contributed by atoms with E-state index in [1.807, 2.05) is 36.4 Å². The number of fused-ring (bicyclic) bond motifs is 2. The maximum absolute atomic E-state index is 12.9. The third-order valence-electron chi connectivity index (χ3n) is 7.93. The van der Waals surface area contributed by atoms with Crippen molar-refractivity contribution in [3.63, 3.8) is 0 Å². The van der Waals surface area contributed by atoms with E-state index in [1.54, 1.807) is 0 Å². The van der Waals surface area contributed by atoms with Crippen LogP contribution in [0.15, 0.2) is 78.1 Å². The molecule has 7 heteroatoms. The minimum atomic E-state index is -0.281. The lowest BCUT2D eigenvalue weighted by Crippen LogP contribution is -2.26. The summed E-state index contributed by atoms with van der Waals surface area (Å²) < 4.78 is 37.3. The van der Waals surface area contributed by atoms with Crippen LogP contribution in [0.4, 0.5) is 8.92 Å². The second-order valence-corrected chi connectivity index (χ2v) is 10.5. The number of aryl methyl sites for hydroxylation is 1. The van der Waals surface area contributed by atoms with Crippen LogP contribution in [0.25, 0.3) is 28.0 Å². The van der Waals surface area contributed by atoms with Crippen LogP contribution in [0.5, 0.6) is 5.75 Å². The van der Waals surface area contributed by atoms with Crippen molar-refractivity contribution in [1.82, 2.24) is 9.88 Å². The second-order valence-electron chi connectivity index (χ2n) is 10.5. The van der Waals surface area contributed by atoms with Gasteiger partial charge in [-0.2, -0.15) is 0 Å². The van der Waals surface area contributed by atoms with Crippen LogP contribution < -0.4 is 4.74 Å². The van der Waals surface area contributed by atoms with Crippen LogP contribution in [0.1, 0.15) is 53.5 Å². The number of aromatic nitrogens is 1. The van der Waals surface area contributed by atoms with Gasteiger partial charge in [0, 0.05) is 29.7 Å². The van der Waals surface area contributed by atoms with Gasteiger partial charge in [-0.3, -0.25) is 14.2 Å². The number of hydrogen-bond donors (Lipinski definition) is 0. The molecular formula is C33H32F2N2O3. The van der Waals surface area contributed by atoms with Gasteiger partial charge in [0.05, 0.1) is 6.67 Å². The number of ether oxygens (including phenoxy) is 1. The molecule has 0 saturated carbocycles. The van der Waals surface area contributed by atoms with E-state index in [-0.39, 0.29) is 18.5 Å². The van der Waals surface area contributed by atoms with Gasteiger partial charge in [-0.1, -0.05) is 36.9 Å². The first-order chi connectivity index (χ1) is 19.6. The van der Waals surface area contributed by atoms with Crippen molar-refractivity contribution in [2.75, 3.05) is 26.3 Å². The molecule has 2 heterocycles. The molecule has 0 N–H and O–H groups in total. The molecule has 4 aromatic rings. The van der Waals surface area contributed by atoms with Crippen LogP contribution >= 0.6 is 0 Å². The normalized spacial score (nSPS) is 17.6. The van der Waals surface area contributed by atoms with Gasteiger partial charge in [-0.05, 0) is 95.8 Å². The molecule has 3 aromatic carbocycles. The highest BCUT2D eigenvalue weighted by molar-refractivity contribution is 6.01. The van der Waals surface area contributed by atoms with Crippen molar-refractivity contribution in [3.05, 3.63) is 101 Å². The van der Waals surface area contributed by atoms with E-state index >= 15 is 0 Å². The van der Waals surface area contributed by atoms with Gasteiger partial charge in [-0.15, -0.1) is 0 Å². The van der Waals surface area contributed by atoms with Gasteiger partial charge < -0.3 is 9.15 Å². The average molecular weight is 543 g/mol. The molecule has 0 unspecified atom stereocenters. The molecular weight excluding hydrogens is 510 g/mol. The summed E-state index contributed by atoms with van der Waals surface area (Å²) in [6.45, 7) is 5.95. The highest BCUT2D eigenvalue weighted by Crippen LogP contribution is 2.41. The highest BCUT2D eigenvalue weighted by Gasteiger charge is 2.25. The van der Waals surface area contributed by atoms with Gasteiger partial charge in [0.1, 0.15) is 17.4 Å². The van der Waals surface area contributed by atoms with Crippen LogP contribution in [0.3, 0.4) is 0 Å². The Morgan fingerprint density at radius 2 is 1.90 bits per heavy atom. The lowest BCUT2D eigenvalue weighted by molar-refractivity contribution is -0.0416. The van der Waals surface area contributed by atoms with E-state index in [0.717, 1.165) is 90.0 Å². The maximum Gasteiger partial charge on any atom is 0.181 e. The third kappa shape index (κ3) is 5.39. The summed E-state index contributed by atoms with van der Waals surface area (Å²) in [5.41, 5.74) is 8.99. The Morgan fingerprint density at radius 1 is 1.05 bits per heavy atom. The summed E-state index contributed by atoms with van der Waals surface area (Å²) >= 11 is 0. The summed E-state index contributed by atoms with van der Waals surface area (Å²) in [6, 6.07) is 20.3. The number of likely N-dealkylation sites (tertiary alicyclic amines) is 1. The van der Waals surface area contributed by atoms with Gasteiger partial charge in [0.25, 0.3) is 0 Å². The Labute approximate surface area is 232 Å². The minimum Gasteiger partial charge on any atom is -0.489 e. The number of hydrogen-bond acceptors (Lipinski definition) is 5. The number of rotatable bonds is 9. The quantitative estimate of drug-likeness (QED) is 0.202. The smallest absolute Gasteiger partial charge is 0.181 e. The molecule has 5 nitrogen and oxygen atoms in total. The fourth-order valence-corrected chi connectivity index (χ4v) is 5.94. The van der Waals surface area contributed by atoms with Crippen molar-refractivity contribution in [3.8, 4) is 5.75 Å². The van der Waals surface area contributed by atoms with E-state index in [9.17, 15) is 8.92 Å². The zero-order valence-electron chi connectivity index (χ0n) is 22.4. The zero-order valence-corrected chi connectivity index (χ0v) is 22.4. The highest BCUT2D eigenvalue weighted by atomic mass is 19.3. The molecule has 1 aliphatic heterocycles. The summed E-state index contributed by atoms with van der Waals surface area (Å²) in [6.07, 6.45) is 5.75. The Kier molecular flexibility index (Phi) is 7.64. The van der Waals surface area contributed by atoms with E-state index in [4.69, 9.17) is 9.15 Å². The predicted octanol–water partition coefficient (Wildman–Crippen LogP) is 7.81. The monoisotopic (exact) mass is 542 g/mol. The first kappa shape index (κ1) is 26.3. The second kappa shape index (κ2) is 11.6. The fourth-order valence-electron chi connectivity index (χ4n) is 5.94. The minimum absolute atomic E-state index is 0.00552. The summed E-state index contributed by atoms with van der Waals surface area (Å²) in [5, 5.41) is 0. The first-order valence-electron chi connectivity index (χ1n) is 13.9. The van der Waals surface area contributed by atoms with E-state index < -0.39 is 0 Å². The SMILES string of the molecule is C=C(OF)c1ccc2c(c1)CCCC(c1ccc3ocnc3c1)=C2c1ccc(O[C@H]2CCN(CCCF)C2)cc1. The number of alkyl halides is 1. The molecule has 1 aliphatic carbocycles. The van der Waals surface area contributed by atoms with Crippen molar-refractivity contribution in [2.45, 2.75) is 38.2 Å². The number of oxazole rings is 1. The van der Waals surface area contributed by atoms with Crippen molar-refractivity contribution >= 4 is 28.0 Å². The largest absolute Gasteiger partial charge is 0.489 e. The molecule has 206 valence electrons. The molecule has 1 aromatic heterocycles. The summed E-state index contributed by atoms with van der Waals surface area (Å²) in [5.74, 6) is 0.832. The van der Waals surface area contributed by atoms with Crippen LogP contribution in [-0.4, -0.2) is 42.3 Å². The van der Waals surface area contributed by atoms with Crippen molar-refractivity contribution in [1.29, 1.82) is 0 Å². The fraction of sp³-hybridized carbons (Fsp3) is 0.303. The van der Waals surface area contributed by atoms with Gasteiger partial charge >= 0.3 is 0 Å². The van der Waals surface area contributed by atoms with Crippen LogP contribution in [0, 0.1) is 0 Å². The van der Waals surface area contributed by atoms with E-state index in [0.29, 0.717) is 12.0 Å². The number of halogens is 2. The predicted molar refractivity (Wildman–Crippen MR) is 153 cm³/mol. The van der Waals surface area contributed by atoms with Crippen molar-refractivity contribution in [2.24, 2.45) is 0 Å². The maximum atomic E-state index is 12.9. The lowest BCUT2D eigenvalue weighted by atomic mass is 9.87. The van der Waals surface area contributed by atoms with Crippen LogP contribution in [0.2, 0.25) is 0 Å². The standard InChI is InChI=1S/C33H32F2N2O3/c1-22(40-35)24-8-12-30-25(18-24)4-2-5-29(26-9-13-32-31(19-26)36-21-38-32)33(30)23-6-10-27(11-7-23)39-28-14-17-37(20-28)16-3-15-34/h6-13,18-19,21,28H,1-5,14-17,20H2/t28-/m0/s1. The third-order valence-corrected chi connectivity index (χ3v) is 7.93. The number of benzene rings is 3. The Morgan fingerprint density at radius 3 is 2.73 bits per heavy atom. The Hall–Kier alpha value is -3.97. The molecule has 1 fully saturated rings. The molecule has 0 bridgehead atoms. The van der Waals surface area contributed by atoms with Gasteiger partial charge in [-0.25, -0.2) is 4.98 Å². The molecule has 2 aliphatic rings. The summed E-state index contributed by atoms with van der Waals surface area (Å²) in [4.78, 5) is 10.6. The Balaban J connectivity index is 1.37. The molecule has 0 amide bonds. The topological polar surface area (TPSA) is 47.7 Å².